The van der Waals surface area contributed by atoms with E-state index in [2.05, 4.69) is 0 Å². The summed E-state index contributed by atoms with van der Waals surface area (Å²) < 4.78 is 25.4. The van der Waals surface area contributed by atoms with E-state index in [0.717, 1.165) is 0 Å². The van der Waals surface area contributed by atoms with Crippen molar-refractivity contribution in [3.63, 3.8) is 0 Å². The van der Waals surface area contributed by atoms with Gasteiger partial charge in [-0.15, -0.1) is 0 Å². The number of rotatable bonds is 0. The molecule has 98 valence electrons. The van der Waals surface area contributed by atoms with E-state index in [1.54, 1.807) is 0 Å². The molecular formula is H4Fe2O11P3+3. The van der Waals surface area contributed by atoms with Crippen LogP contribution in [0, 0.1) is 0 Å². The van der Waals surface area contributed by atoms with Gasteiger partial charge in [-0.25, -0.2) is 0 Å². The van der Waals surface area contributed by atoms with Gasteiger partial charge in [-0.3, -0.25) is 0 Å². The van der Waals surface area contributed by atoms with E-state index in [1.807, 2.05) is 0 Å². The second-order valence-electron chi connectivity index (χ2n) is 0.671. The Morgan fingerprint density at radius 2 is 0.500 bits per heavy atom. The Hall–Kier alpha value is 1.02. The predicted molar refractivity (Wildman–Crippen MR) is 30.0 cm³/mol. The summed E-state index contributed by atoms with van der Waals surface area (Å²) in [6, 6.07) is 0. The molecule has 0 atom stereocenters. The van der Waals surface area contributed by atoms with Gasteiger partial charge in [-0.2, -0.15) is 0 Å². The zero-order valence-corrected chi connectivity index (χ0v) is 11.6. The molecule has 0 saturated heterocycles. The average molecular weight is 385 g/mol. The fraction of sp³-hybridized carbons (Fsp3) is 0. The van der Waals surface area contributed by atoms with Crippen molar-refractivity contribution in [3.05, 3.63) is 0 Å². The van der Waals surface area contributed by atoms with Crippen LogP contribution in [0.5, 0.6) is 0 Å². The van der Waals surface area contributed by atoms with E-state index in [0.29, 0.717) is 0 Å². The van der Waals surface area contributed by atoms with Crippen molar-refractivity contribution < 1.29 is 88.1 Å². The first kappa shape index (κ1) is 43.5. The molecule has 16 heavy (non-hydrogen) atoms. The first-order valence-electron chi connectivity index (χ1n) is 1.64. The SMILES string of the molecule is O.O.O=[P+]([O-])[O-].O=[P+]([O-])[O-].O=[P+]([O-])[O-].[Fe+3].[Fe+3]. The molecule has 0 aromatic heterocycles. The van der Waals surface area contributed by atoms with Crippen LogP contribution < -0.4 is 29.4 Å². The Kier molecular flexibility index (Phi) is 97.9. The number of hydrogen-bond donors (Lipinski definition) is 0. The minimum Gasteiger partial charge on any atom is -0.598 e. The second-order valence-corrected chi connectivity index (χ2v) is 2.01. The van der Waals surface area contributed by atoms with Crippen molar-refractivity contribution in [2.75, 3.05) is 0 Å². The van der Waals surface area contributed by atoms with E-state index in [9.17, 15) is 0 Å². The van der Waals surface area contributed by atoms with Gasteiger partial charge in [0.05, 0.1) is 0 Å². The molecule has 0 bridgehead atoms. The largest absolute Gasteiger partial charge is 3.00 e. The van der Waals surface area contributed by atoms with Crippen molar-refractivity contribution in [3.8, 4) is 0 Å². The van der Waals surface area contributed by atoms with E-state index in [4.69, 9.17) is 43.1 Å². The third kappa shape index (κ3) is 2840. The fourth-order valence-electron chi connectivity index (χ4n) is 0. The summed E-state index contributed by atoms with van der Waals surface area (Å²) >= 11 is 0. The summed E-state index contributed by atoms with van der Waals surface area (Å²) in [6.07, 6.45) is 0. The smallest absolute Gasteiger partial charge is 0.598 e. The monoisotopic (exact) mass is 385 g/mol. The van der Waals surface area contributed by atoms with E-state index >= 15 is 0 Å². The summed E-state index contributed by atoms with van der Waals surface area (Å²) in [5, 5.41) is 0. The molecule has 0 heterocycles. The first-order valence-corrected chi connectivity index (χ1v) is 4.93. The molecule has 0 aliphatic carbocycles. The number of hydrogen-bond acceptors (Lipinski definition) is 9. The van der Waals surface area contributed by atoms with Gasteiger partial charge in [-0.1, -0.05) is 13.7 Å². The Morgan fingerprint density at radius 3 is 0.500 bits per heavy atom. The molecular weight excluding hydrogens is 381 g/mol. The van der Waals surface area contributed by atoms with Gasteiger partial charge in [0.1, 0.15) is 0 Å². The van der Waals surface area contributed by atoms with E-state index in [-0.39, 0.29) is 45.1 Å². The standard InChI is InChI=1S/2Fe.3HO3P.2H2O/c;;3*1-4(2)3;;/h;;3*(H,1,2,3);2*1H2/q2*+3;;;;;/p-3. The minimum atomic E-state index is -3.37. The van der Waals surface area contributed by atoms with Crippen LogP contribution in [0.4, 0.5) is 0 Å². The van der Waals surface area contributed by atoms with Crippen molar-refractivity contribution in [2.45, 2.75) is 0 Å². The third-order valence-corrected chi connectivity index (χ3v) is 0. The summed E-state index contributed by atoms with van der Waals surface area (Å²) in [4.78, 5) is 50.9. The van der Waals surface area contributed by atoms with Crippen LogP contribution in [0.1, 0.15) is 0 Å². The molecule has 0 aromatic carbocycles. The molecule has 0 aliphatic heterocycles. The maximum Gasteiger partial charge on any atom is 3.00 e. The Morgan fingerprint density at radius 1 is 0.500 bits per heavy atom. The molecule has 0 rings (SSSR count). The molecule has 0 saturated carbocycles. The van der Waals surface area contributed by atoms with Crippen LogP contribution in [-0.4, -0.2) is 11.0 Å². The van der Waals surface area contributed by atoms with Crippen LogP contribution in [0.25, 0.3) is 0 Å². The second kappa shape index (κ2) is 36.0. The molecule has 4 N–H and O–H groups in total. The van der Waals surface area contributed by atoms with Crippen LogP contribution in [0.15, 0.2) is 0 Å². The van der Waals surface area contributed by atoms with E-state index in [1.165, 1.54) is 0 Å². The van der Waals surface area contributed by atoms with Crippen molar-refractivity contribution in [2.24, 2.45) is 0 Å². The molecule has 16 heteroatoms. The minimum absolute atomic E-state index is 0. The Balaban J connectivity index is -0.0000000135. The average Bonchev–Trinajstić information content (AvgIpc) is 1.54. The molecule has 0 unspecified atom stereocenters. The van der Waals surface area contributed by atoms with Gasteiger partial charge in [0.15, 0.2) is 0 Å². The quantitative estimate of drug-likeness (QED) is 0.283. The zero-order valence-electron chi connectivity index (χ0n) is 6.72. The van der Waals surface area contributed by atoms with E-state index < -0.39 is 24.8 Å². The van der Waals surface area contributed by atoms with Crippen LogP contribution >= 0.6 is 24.8 Å². The van der Waals surface area contributed by atoms with Crippen LogP contribution in [0.2, 0.25) is 0 Å². The van der Waals surface area contributed by atoms with Crippen molar-refractivity contribution in [1.82, 2.24) is 0 Å². The molecule has 0 amide bonds. The summed E-state index contributed by atoms with van der Waals surface area (Å²) in [7, 11) is -10.1. The third-order valence-electron chi connectivity index (χ3n) is 0. The first-order chi connectivity index (χ1) is 5.20. The Labute approximate surface area is 113 Å². The van der Waals surface area contributed by atoms with Crippen LogP contribution in [0.3, 0.4) is 0 Å². The van der Waals surface area contributed by atoms with Gasteiger partial charge in [-0.05, 0) is 0 Å². The predicted octanol–water partition coefficient (Wildman–Crippen LogP) is -6.56. The van der Waals surface area contributed by atoms with Gasteiger partial charge in [0.25, 0.3) is 24.8 Å². The summed E-state index contributed by atoms with van der Waals surface area (Å²) in [5.41, 5.74) is 0. The van der Waals surface area contributed by atoms with Crippen LogP contribution in [-0.2, 0) is 47.8 Å². The normalized spacial score (nSPS) is 4.88. The molecule has 0 aliphatic rings. The topological polar surface area (TPSA) is 253 Å². The van der Waals surface area contributed by atoms with Crippen molar-refractivity contribution in [1.29, 1.82) is 0 Å². The van der Waals surface area contributed by atoms with Gasteiger partial charge < -0.3 is 40.3 Å². The Bertz CT molecular complexity index is 117. The van der Waals surface area contributed by atoms with Gasteiger partial charge in [0.2, 0.25) is 0 Å². The maximum atomic E-state index is 8.48. The molecule has 0 spiro atoms. The summed E-state index contributed by atoms with van der Waals surface area (Å²) in [5.74, 6) is 0. The van der Waals surface area contributed by atoms with Gasteiger partial charge in [0, 0.05) is 0 Å². The zero-order chi connectivity index (χ0) is 10.7. The maximum absolute atomic E-state index is 8.48. The van der Waals surface area contributed by atoms with Gasteiger partial charge >= 0.3 is 34.1 Å². The fourth-order valence-corrected chi connectivity index (χ4v) is 0. The summed E-state index contributed by atoms with van der Waals surface area (Å²) in [6.45, 7) is 0. The van der Waals surface area contributed by atoms with Crippen molar-refractivity contribution >= 4 is 24.8 Å². The molecule has 0 aromatic rings. The molecule has 0 fully saturated rings. The molecule has 2 radical (unpaired) electrons. The molecule has 11 nitrogen and oxygen atoms in total.